The van der Waals surface area contributed by atoms with E-state index in [-0.39, 0.29) is 23.1 Å². The van der Waals surface area contributed by atoms with Gasteiger partial charge in [-0.05, 0) is 23.8 Å². The SMILES string of the molecule is O=C(/C=C/c1cccc([N+](=O)[O-])c1)Nc1nn(Cc2c(Cl)cccc2Cl)cc1Cl. The number of halogens is 3. The Kier molecular flexibility index (Phi) is 6.53. The quantitative estimate of drug-likeness (QED) is 0.306. The first kappa shape index (κ1) is 20.9. The molecule has 2 aromatic carbocycles. The molecule has 0 fully saturated rings. The average molecular weight is 452 g/mol. The van der Waals surface area contributed by atoms with Crippen molar-refractivity contribution in [3.8, 4) is 0 Å². The summed E-state index contributed by atoms with van der Waals surface area (Å²) in [7, 11) is 0. The zero-order chi connectivity index (χ0) is 21.0. The van der Waals surface area contributed by atoms with Crippen LogP contribution in [-0.4, -0.2) is 20.6 Å². The van der Waals surface area contributed by atoms with Gasteiger partial charge in [-0.15, -0.1) is 0 Å². The molecule has 0 radical (unpaired) electrons. The van der Waals surface area contributed by atoms with Gasteiger partial charge in [-0.3, -0.25) is 19.6 Å². The number of benzene rings is 2. The molecule has 0 aliphatic heterocycles. The molecule has 0 saturated heterocycles. The van der Waals surface area contributed by atoms with Gasteiger partial charge in [0, 0.05) is 40.0 Å². The van der Waals surface area contributed by atoms with Gasteiger partial charge in [0.25, 0.3) is 5.69 Å². The number of aromatic nitrogens is 2. The second-order valence-corrected chi connectivity index (χ2v) is 7.12. The summed E-state index contributed by atoms with van der Waals surface area (Å²) in [6.07, 6.45) is 4.23. The third-order valence-electron chi connectivity index (χ3n) is 3.85. The fourth-order valence-corrected chi connectivity index (χ4v) is 3.20. The standard InChI is InChI=1S/C19H13Cl3N4O3/c20-15-5-2-6-16(21)14(15)10-25-11-17(22)19(24-25)23-18(27)8-7-12-3-1-4-13(9-12)26(28)29/h1-9,11H,10H2,(H,23,24,27)/b8-7+. The van der Waals surface area contributed by atoms with Crippen LogP contribution in [0.25, 0.3) is 6.08 Å². The van der Waals surface area contributed by atoms with Gasteiger partial charge in [0.1, 0.15) is 5.02 Å². The van der Waals surface area contributed by atoms with Crippen LogP contribution in [0.1, 0.15) is 11.1 Å². The Morgan fingerprint density at radius 3 is 2.52 bits per heavy atom. The molecule has 1 N–H and O–H groups in total. The minimum Gasteiger partial charge on any atom is -0.304 e. The van der Waals surface area contributed by atoms with Gasteiger partial charge < -0.3 is 5.32 Å². The number of nitro groups is 1. The van der Waals surface area contributed by atoms with Crippen molar-refractivity contribution in [1.29, 1.82) is 0 Å². The molecule has 3 aromatic rings. The highest BCUT2D eigenvalue weighted by atomic mass is 35.5. The first-order valence-electron chi connectivity index (χ1n) is 8.23. The third-order valence-corrected chi connectivity index (χ3v) is 4.83. The number of hydrogen-bond acceptors (Lipinski definition) is 4. The Morgan fingerprint density at radius 2 is 1.83 bits per heavy atom. The molecule has 3 rings (SSSR count). The molecular weight excluding hydrogens is 439 g/mol. The average Bonchev–Trinajstić information content (AvgIpc) is 3.02. The number of amides is 1. The third kappa shape index (κ3) is 5.35. The molecule has 1 heterocycles. The van der Waals surface area contributed by atoms with Gasteiger partial charge in [-0.25, -0.2) is 0 Å². The van der Waals surface area contributed by atoms with Gasteiger partial charge in [0.05, 0.1) is 11.5 Å². The van der Waals surface area contributed by atoms with Crippen molar-refractivity contribution in [2.75, 3.05) is 5.32 Å². The van der Waals surface area contributed by atoms with Crippen molar-refractivity contribution in [3.05, 3.63) is 91.0 Å². The number of nitrogens with zero attached hydrogens (tertiary/aromatic N) is 3. The van der Waals surface area contributed by atoms with Crippen LogP contribution in [0.2, 0.25) is 15.1 Å². The highest BCUT2D eigenvalue weighted by molar-refractivity contribution is 6.36. The Morgan fingerprint density at radius 1 is 1.14 bits per heavy atom. The summed E-state index contributed by atoms with van der Waals surface area (Å²) in [6.45, 7) is 0.275. The van der Waals surface area contributed by atoms with Gasteiger partial charge in [-0.2, -0.15) is 5.10 Å². The number of nitro benzene ring substituents is 1. The summed E-state index contributed by atoms with van der Waals surface area (Å²) >= 11 is 18.5. The van der Waals surface area contributed by atoms with Gasteiger partial charge in [0.15, 0.2) is 5.82 Å². The van der Waals surface area contributed by atoms with E-state index in [1.165, 1.54) is 35.0 Å². The molecule has 0 atom stereocenters. The number of carbonyl (C=O) groups is 1. The highest BCUT2D eigenvalue weighted by Crippen LogP contribution is 2.27. The number of nitrogens with one attached hydrogen (secondary N) is 1. The Bertz CT molecular complexity index is 1090. The number of rotatable bonds is 6. The molecule has 0 spiro atoms. The van der Waals surface area contributed by atoms with E-state index in [4.69, 9.17) is 34.8 Å². The monoisotopic (exact) mass is 450 g/mol. The van der Waals surface area contributed by atoms with E-state index in [0.29, 0.717) is 21.2 Å². The number of carbonyl (C=O) groups excluding carboxylic acids is 1. The second-order valence-electron chi connectivity index (χ2n) is 5.90. The van der Waals surface area contributed by atoms with Gasteiger partial charge in [-0.1, -0.05) is 53.0 Å². The molecule has 0 unspecified atom stereocenters. The van der Waals surface area contributed by atoms with Crippen LogP contribution < -0.4 is 5.32 Å². The smallest absolute Gasteiger partial charge is 0.270 e. The molecule has 148 valence electrons. The molecule has 1 aromatic heterocycles. The minimum absolute atomic E-state index is 0.0624. The maximum atomic E-state index is 12.2. The lowest BCUT2D eigenvalue weighted by Crippen LogP contribution is -2.10. The maximum Gasteiger partial charge on any atom is 0.270 e. The zero-order valence-corrected chi connectivity index (χ0v) is 16.9. The van der Waals surface area contributed by atoms with E-state index in [9.17, 15) is 14.9 Å². The summed E-state index contributed by atoms with van der Waals surface area (Å²) in [5.74, 6) is -0.317. The van der Waals surface area contributed by atoms with Crippen LogP contribution in [-0.2, 0) is 11.3 Å². The summed E-state index contributed by atoms with van der Waals surface area (Å²) in [5.41, 5.74) is 1.13. The van der Waals surface area contributed by atoms with Crippen LogP contribution in [0.15, 0.2) is 54.7 Å². The fourth-order valence-electron chi connectivity index (χ4n) is 2.48. The molecule has 0 aliphatic carbocycles. The summed E-state index contributed by atoms with van der Waals surface area (Å²) in [6, 6.07) is 11.1. The lowest BCUT2D eigenvalue weighted by molar-refractivity contribution is -0.384. The van der Waals surface area contributed by atoms with Crippen molar-refractivity contribution in [3.63, 3.8) is 0 Å². The predicted molar refractivity (Wildman–Crippen MR) is 114 cm³/mol. The Balaban J connectivity index is 1.70. The highest BCUT2D eigenvalue weighted by Gasteiger charge is 2.12. The van der Waals surface area contributed by atoms with E-state index in [1.54, 1.807) is 30.5 Å². The topological polar surface area (TPSA) is 90.1 Å². The van der Waals surface area contributed by atoms with Crippen LogP contribution in [0.4, 0.5) is 11.5 Å². The van der Waals surface area contributed by atoms with Gasteiger partial charge >= 0.3 is 0 Å². The van der Waals surface area contributed by atoms with E-state index >= 15 is 0 Å². The molecule has 29 heavy (non-hydrogen) atoms. The molecule has 0 aliphatic rings. The Hall–Kier alpha value is -2.87. The molecule has 0 bridgehead atoms. The van der Waals surface area contributed by atoms with E-state index in [2.05, 4.69) is 10.4 Å². The molecule has 0 saturated carbocycles. The summed E-state index contributed by atoms with van der Waals surface area (Å²) in [5, 5.41) is 18.8. The lowest BCUT2D eigenvalue weighted by Gasteiger charge is -2.06. The van der Waals surface area contributed by atoms with Gasteiger partial charge in [0.2, 0.25) is 5.91 Å². The molecule has 1 amide bonds. The van der Waals surface area contributed by atoms with Crippen molar-refractivity contribution in [2.24, 2.45) is 0 Å². The van der Waals surface area contributed by atoms with Crippen LogP contribution >= 0.6 is 34.8 Å². The van der Waals surface area contributed by atoms with Crippen LogP contribution in [0.5, 0.6) is 0 Å². The van der Waals surface area contributed by atoms with Crippen LogP contribution in [0.3, 0.4) is 0 Å². The fraction of sp³-hybridized carbons (Fsp3) is 0.0526. The lowest BCUT2D eigenvalue weighted by atomic mass is 10.2. The first-order valence-corrected chi connectivity index (χ1v) is 9.36. The summed E-state index contributed by atoms with van der Waals surface area (Å²) < 4.78 is 1.51. The first-order chi connectivity index (χ1) is 13.8. The van der Waals surface area contributed by atoms with Crippen molar-refractivity contribution < 1.29 is 9.72 Å². The number of non-ortho nitro benzene ring substituents is 1. The Labute approximate surface area is 180 Å². The number of anilines is 1. The predicted octanol–water partition coefficient (Wildman–Crippen LogP) is 5.45. The minimum atomic E-state index is -0.505. The number of hydrogen-bond donors (Lipinski definition) is 1. The van der Waals surface area contributed by atoms with Crippen LogP contribution in [0, 0.1) is 10.1 Å². The van der Waals surface area contributed by atoms with Crippen molar-refractivity contribution in [1.82, 2.24) is 9.78 Å². The zero-order valence-electron chi connectivity index (χ0n) is 14.7. The van der Waals surface area contributed by atoms with Crippen molar-refractivity contribution >= 4 is 58.3 Å². The van der Waals surface area contributed by atoms with E-state index < -0.39 is 10.8 Å². The van der Waals surface area contributed by atoms with E-state index in [1.807, 2.05) is 0 Å². The maximum absolute atomic E-state index is 12.2. The molecule has 10 heteroatoms. The normalized spacial score (nSPS) is 11.0. The molecular formula is C19H13Cl3N4O3. The van der Waals surface area contributed by atoms with E-state index in [0.717, 1.165) is 0 Å². The largest absolute Gasteiger partial charge is 0.304 e. The second kappa shape index (κ2) is 9.09. The molecule has 7 nitrogen and oxygen atoms in total. The van der Waals surface area contributed by atoms with Crippen molar-refractivity contribution in [2.45, 2.75) is 6.54 Å². The summed E-state index contributed by atoms with van der Waals surface area (Å²) in [4.78, 5) is 22.5.